The van der Waals surface area contributed by atoms with Crippen molar-refractivity contribution in [1.82, 2.24) is 19.9 Å². The summed E-state index contributed by atoms with van der Waals surface area (Å²) in [4.78, 5) is 31.3. The van der Waals surface area contributed by atoms with Crippen molar-refractivity contribution in [2.45, 2.75) is 25.8 Å². The quantitative estimate of drug-likeness (QED) is 0.488. The third-order valence-electron chi connectivity index (χ3n) is 4.83. The highest BCUT2D eigenvalue weighted by Gasteiger charge is 2.07. The Bertz CT molecular complexity index is 1180. The fraction of sp³-hybridized carbons (Fsp3) is 0.227. The number of nitrogens with one attached hydrogen (secondary N) is 2. The predicted molar refractivity (Wildman–Crippen MR) is 110 cm³/mol. The number of fused-ring (bicyclic) bond motifs is 2. The molecule has 2 heterocycles. The van der Waals surface area contributed by atoms with Crippen LogP contribution in [0.2, 0.25) is 0 Å². The molecule has 1 amide bonds. The van der Waals surface area contributed by atoms with Crippen LogP contribution in [-0.4, -0.2) is 27.0 Å². The minimum absolute atomic E-state index is 0.0341. The molecule has 2 aromatic heterocycles. The predicted octanol–water partition coefficient (Wildman–Crippen LogP) is 3.02. The van der Waals surface area contributed by atoms with E-state index in [9.17, 15) is 9.59 Å². The fourth-order valence-corrected chi connectivity index (χ4v) is 3.39. The van der Waals surface area contributed by atoms with Gasteiger partial charge in [-0.05, 0) is 36.1 Å². The van der Waals surface area contributed by atoms with Gasteiger partial charge in [-0.3, -0.25) is 9.59 Å². The number of hydrogen-bond acceptors (Lipinski definition) is 3. The molecule has 0 aliphatic carbocycles. The number of aromatic nitrogens is 3. The highest BCUT2D eigenvalue weighted by Crippen LogP contribution is 2.15. The molecule has 0 saturated carbocycles. The number of H-pyrrole nitrogens is 1. The van der Waals surface area contributed by atoms with Gasteiger partial charge in [-0.2, -0.15) is 0 Å². The number of benzene rings is 2. The lowest BCUT2D eigenvalue weighted by atomic mass is 10.2. The first-order valence-electron chi connectivity index (χ1n) is 9.49. The van der Waals surface area contributed by atoms with E-state index in [0.717, 1.165) is 13.0 Å². The summed E-state index contributed by atoms with van der Waals surface area (Å²) < 4.78 is 2.20. The summed E-state index contributed by atoms with van der Waals surface area (Å²) in [6.07, 6.45) is 3.64. The highest BCUT2D eigenvalue weighted by molar-refractivity contribution is 5.80. The van der Waals surface area contributed by atoms with Gasteiger partial charge in [-0.1, -0.05) is 30.3 Å². The zero-order valence-corrected chi connectivity index (χ0v) is 15.5. The van der Waals surface area contributed by atoms with Gasteiger partial charge in [-0.15, -0.1) is 0 Å². The average Bonchev–Trinajstić information content (AvgIpc) is 3.13. The van der Waals surface area contributed by atoms with Crippen LogP contribution in [0.15, 0.2) is 65.6 Å². The average molecular weight is 374 g/mol. The SMILES string of the molecule is O=C(CCc1nc2ccccc2c(=O)[nH]1)NCCCn1ccc2ccccc21. The topological polar surface area (TPSA) is 79.8 Å². The number of amides is 1. The zero-order chi connectivity index (χ0) is 19.3. The summed E-state index contributed by atoms with van der Waals surface area (Å²) in [6, 6.07) is 17.6. The second-order valence-electron chi connectivity index (χ2n) is 6.80. The number of carbonyl (C=O) groups is 1. The van der Waals surface area contributed by atoms with Crippen molar-refractivity contribution in [2.75, 3.05) is 6.54 Å². The molecule has 4 aromatic rings. The summed E-state index contributed by atoms with van der Waals surface area (Å²) in [7, 11) is 0. The number of aryl methyl sites for hydroxylation is 2. The molecule has 28 heavy (non-hydrogen) atoms. The monoisotopic (exact) mass is 374 g/mol. The molecule has 6 nitrogen and oxygen atoms in total. The maximum Gasteiger partial charge on any atom is 0.258 e. The van der Waals surface area contributed by atoms with Crippen LogP contribution < -0.4 is 10.9 Å². The first-order valence-corrected chi connectivity index (χ1v) is 9.49. The molecule has 142 valence electrons. The van der Waals surface area contributed by atoms with E-state index in [-0.39, 0.29) is 11.5 Å². The standard InChI is InChI=1S/C22H22N4O2/c27-21(11-10-20-24-18-8-3-2-7-17(18)22(28)25-20)23-13-5-14-26-15-12-16-6-1-4-9-19(16)26/h1-4,6-9,12,15H,5,10-11,13-14H2,(H,23,27)(H,24,25,28). The molecule has 2 aromatic carbocycles. The Balaban J connectivity index is 1.25. The van der Waals surface area contributed by atoms with E-state index >= 15 is 0 Å². The number of nitrogens with zero attached hydrogens (tertiary/aromatic N) is 2. The summed E-state index contributed by atoms with van der Waals surface area (Å²) in [6.45, 7) is 1.47. The van der Waals surface area contributed by atoms with Crippen molar-refractivity contribution in [2.24, 2.45) is 0 Å². The van der Waals surface area contributed by atoms with Crippen molar-refractivity contribution in [3.63, 3.8) is 0 Å². The number of aromatic amines is 1. The van der Waals surface area contributed by atoms with Gasteiger partial charge >= 0.3 is 0 Å². The smallest absolute Gasteiger partial charge is 0.258 e. The molecule has 0 radical (unpaired) electrons. The van der Waals surface area contributed by atoms with Crippen molar-refractivity contribution in [1.29, 1.82) is 0 Å². The summed E-state index contributed by atoms with van der Waals surface area (Å²) in [5, 5.41) is 4.73. The van der Waals surface area contributed by atoms with Crippen LogP contribution in [0.5, 0.6) is 0 Å². The van der Waals surface area contributed by atoms with Crippen LogP contribution in [0, 0.1) is 0 Å². The Morgan fingerprint density at radius 2 is 1.89 bits per heavy atom. The minimum atomic E-state index is -0.167. The number of hydrogen-bond donors (Lipinski definition) is 2. The van der Waals surface area contributed by atoms with E-state index in [2.05, 4.69) is 44.2 Å². The molecular formula is C22H22N4O2. The van der Waals surface area contributed by atoms with Crippen molar-refractivity contribution >= 4 is 27.7 Å². The highest BCUT2D eigenvalue weighted by atomic mass is 16.1. The number of carbonyl (C=O) groups excluding carboxylic acids is 1. The second kappa shape index (κ2) is 8.08. The molecule has 6 heteroatoms. The van der Waals surface area contributed by atoms with Crippen LogP contribution in [0.1, 0.15) is 18.7 Å². The van der Waals surface area contributed by atoms with E-state index < -0.39 is 0 Å². The second-order valence-corrected chi connectivity index (χ2v) is 6.80. The molecule has 0 bridgehead atoms. The minimum Gasteiger partial charge on any atom is -0.356 e. The Morgan fingerprint density at radius 1 is 1.07 bits per heavy atom. The van der Waals surface area contributed by atoms with Gasteiger partial charge < -0.3 is 14.9 Å². The Labute approximate surface area is 162 Å². The van der Waals surface area contributed by atoms with Gasteiger partial charge in [0.15, 0.2) is 0 Å². The van der Waals surface area contributed by atoms with Gasteiger partial charge in [0.25, 0.3) is 5.56 Å². The van der Waals surface area contributed by atoms with Gasteiger partial charge in [0.2, 0.25) is 5.91 Å². The van der Waals surface area contributed by atoms with Crippen LogP contribution >= 0.6 is 0 Å². The van der Waals surface area contributed by atoms with Crippen LogP contribution in [0.25, 0.3) is 21.8 Å². The third kappa shape index (κ3) is 3.96. The van der Waals surface area contributed by atoms with Gasteiger partial charge in [0, 0.05) is 37.6 Å². The Morgan fingerprint density at radius 3 is 2.82 bits per heavy atom. The Hall–Kier alpha value is -3.41. The van der Waals surface area contributed by atoms with E-state index in [1.807, 2.05) is 24.3 Å². The summed E-state index contributed by atoms with van der Waals surface area (Å²) in [5.41, 5.74) is 1.70. The molecule has 2 N–H and O–H groups in total. The molecule has 0 spiro atoms. The van der Waals surface area contributed by atoms with Crippen molar-refractivity contribution in [3.8, 4) is 0 Å². The summed E-state index contributed by atoms with van der Waals surface area (Å²) >= 11 is 0. The molecule has 0 unspecified atom stereocenters. The third-order valence-corrected chi connectivity index (χ3v) is 4.83. The van der Waals surface area contributed by atoms with Crippen LogP contribution in [0.3, 0.4) is 0 Å². The van der Waals surface area contributed by atoms with E-state index in [1.54, 1.807) is 12.1 Å². The lowest BCUT2D eigenvalue weighted by molar-refractivity contribution is -0.121. The van der Waals surface area contributed by atoms with E-state index in [1.165, 1.54) is 10.9 Å². The molecule has 0 aliphatic rings. The Kier molecular flexibility index (Phi) is 5.19. The largest absolute Gasteiger partial charge is 0.356 e. The van der Waals surface area contributed by atoms with Gasteiger partial charge in [0.1, 0.15) is 5.82 Å². The molecule has 0 atom stereocenters. The molecule has 0 saturated heterocycles. The maximum absolute atomic E-state index is 12.1. The van der Waals surface area contributed by atoms with Gasteiger partial charge in [0.05, 0.1) is 10.9 Å². The lowest BCUT2D eigenvalue weighted by Gasteiger charge is -2.07. The molecular weight excluding hydrogens is 352 g/mol. The first-order chi connectivity index (χ1) is 13.7. The maximum atomic E-state index is 12.1. The number of rotatable bonds is 7. The van der Waals surface area contributed by atoms with E-state index in [0.29, 0.717) is 36.1 Å². The molecule has 4 rings (SSSR count). The van der Waals surface area contributed by atoms with Crippen LogP contribution in [-0.2, 0) is 17.8 Å². The molecule has 0 aliphatic heterocycles. The van der Waals surface area contributed by atoms with E-state index in [4.69, 9.17) is 0 Å². The summed E-state index contributed by atoms with van der Waals surface area (Å²) in [5.74, 6) is 0.505. The van der Waals surface area contributed by atoms with Crippen LogP contribution in [0.4, 0.5) is 0 Å². The molecule has 0 fully saturated rings. The lowest BCUT2D eigenvalue weighted by Crippen LogP contribution is -2.26. The fourth-order valence-electron chi connectivity index (χ4n) is 3.39. The zero-order valence-electron chi connectivity index (χ0n) is 15.5. The van der Waals surface area contributed by atoms with Crippen molar-refractivity contribution in [3.05, 3.63) is 77.0 Å². The normalized spacial score (nSPS) is 11.1. The van der Waals surface area contributed by atoms with Gasteiger partial charge in [-0.25, -0.2) is 4.98 Å². The number of para-hydroxylation sites is 2. The van der Waals surface area contributed by atoms with Crippen molar-refractivity contribution < 1.29 is 4.79 Å². The first kappa shape index (κ1) is 18.0.